The van der Waals surface area contributed by atoms with Gasteiger partial charge in [-0.1, -0.05) is 15.9 Å². The van der Waals surface area contributed by atoms with Gasteiger partial charge in [0, 0.05) is 11.5 Å². The molecule has 4 nitrogen and oxygen atoms in total. The van der Waals surface area contributed by atoms with Crippen molar-refractivity contribution in [2.75, 3.05) is 25.7 Å². The standard InChI is InChI=1S/C11H14BrNO3/c1-13(11(15)5-6-14)9-7-8(12)3-4-10(9)16-2/h3-4,7,14H,5-6H2,1-2H3. The quantitative estimate of drug-likeness (QED) is 0.919. The molecule has 0 aliphatic heterocycles. The molecule has 5 heteroatoms. The number of carbonyl (C=O) groups is 1. The lowest BCUT2D eigenvalue weighted by atomic mass is 10.2. The zero-order valence-electron chi connectivity index (χ0n) is 9.24. The molecule has 1 aromatic rings. The Hall–Kier alpha value is -1.07. The summed E-state index contributed by atoms with van der Waals surface area (Å²) in [7, 11) is 3.21. The number of benzene rings is 1. The Bertz CT molecular complexity index is 381. The van der Waals surface area contributed by atoms with Gasteiger partial charge >= 0.3 is 0 Å². The minimum absolute atomic E-state index is 0.103. The summed E-state index contributed by atoms with van der Waals surface area (Å²) < 4.78 is 6.04. The summed E-state index contributed by atoms with van der Waals surface area (Å²) in [6.07, 6.45) is 0.103. The van der Waals surface area contributed by atoms with Crippen LogP contribution in [0.3, 0.4) is 0 Å². The molecule has 0 unspecified atom stereocenters. The van der Waals surface area contributed by atoms with Gasteiger partial charge in [-0.05, 0) is 18.2 Å². The van der Waals surface area contributed by atoms with Crippen molar-refractivity contribution in [3.63, 3.8) is 0 Å². The van der Waals surface area contributed by atoms with Crippen LogP contribution in [0.15, 0.2) is 22.7 Å². The molecule has 0 aliphatic carbocycles. The summed E-state index contributed by atoms with van der Waals surface area (Å²) in [6, 6.07) is 5.42. The first-order valence-electron chi connectivity index (χ1n) is 4.81. The van der Waals surface area contributed by atoms with Crippen LogP contribution in [0.5, 0.6) is 5.75 Å². The summed E-state index contributed by atoms with van der Waals surface area (Å²) in [5.41, 5.74) is 0.676. The summed E-state index contributed by atoms with van der Waals surface area (Å²) >= 11 is 3.34. The first kappa shape index (κ1) is 13.0. The number of hydrogen-bond acceptors (Lipinski definition) is 3. The van der Waals surface area contributed by atoms with E-state index in [1.807, 2.05) is 6.07 Å². The maximum atomic E-state index is 11.6. The molecule has 1 amide bonds. The number of methoxy groups -OCH3 is 1. The number of hydrogen-bond donors (Lipinski definition) is 1. The highest BCUT2D eigenvalue weighted by Gasteiger charge is 2.14. The van der Waals surface area contributed by atoms with E-state index >= 15 is 0 Å². The van der Waals surface area contributed by atoms with Gasteiger partial charge in [0.25, 0.3) is 0 Å². The largest absolute Gasteiger partial charge is 0.495 e. The Morgan fingerprint density at radius 2 is 2.25 bits per heavy atom. The number of amides is 1. The second-order valence-corrected chi connectivity index (χ2v) is 4.16. The predicted octanol–water partition coefficient (Wildman–Crippen LogP) is 1.80. The van der Waals surface area contributed by atoms with Gasteiger partial charge in [0.2, 0.25) is 5.91 Å². The van der Waals surface area contributed by atoms with Crippen molar-refractivity contribution < 1.29 is 14.6 Å². The van der Waals surface area contributed by atoms with E-state index < -0.39 is 0 Å². The van der Waals surface area contributed by atoms with Crippen LogP contribution in [0.2, 0.25) is 0 Å². The lowest BCUT2D eigenvalue weighted by Gasteiger charge is -2.19. The fourth-order valence-corrected chi connectivity index (χ4v) is 1.67. The van der Waals surface area contributed by atoms with Crippen LogP contribution in [0.25, 0.3) is 0 Å². The maximum absolute atomic E-state index is 11.6. The van der Waals surface area contributed by atoms with Crippen molar-refractivity contribution in [3.05, 3.63) is 22.7 Å². The normalized spacial score (nSPS) is 10.0. The van der Waals surface area contributed by atoms with Crippen molar-refractivity contribution in [1.29, 1.82) is 0 Å². The molecule has 0 heterocycles. The topological polar surface area (TPSA) is 49.8 Å². The Morgan fingerprint density at radius 3 is 2.81 bits per heavy atom. The monoisotopic (exact) mass is 287 g/mol. The average Bonchev–Trinajstić information content (AvgIpc) is 2.28. The van der Waals surface area contributed by atoms with Crippen LogP contribution in [0.1, 0.15) is 6.42 Å². The molecule has 0 atom stereocenters. The molecular formula is C11H14BrNO3. The van der Waals surface area contributed by atoms with Gasteiger partial charge in [-0.3, -0.25) is 4.79 Å². The number of ether oxygens (including phenoxy) is 1. The van der Waals surface area contributed by atoms with Crippen LogP contribution >= 0.6 is 15.9 Å². The molecule has 0 bridgehead atoms. The fraction of sp³-hybridized carbons (Fsp3) is 0.364. The van der Waals surface area contributed by atoms with Crippen LogP contribution in [-0.2, 0) is 4.79 Å². The number of carbonyl (C=O) groups excluding carboxylic acids is 1. The van der Waals surface area contributed by atoms with Gasteiger partial charge < -0.3 is 14.7 Å². The van der Waals surface area contributed by atoms with E-state index in [0.29, 0.717) is 11.4 Å². The number of anilines is 1. The number of nitrogens with zero attached hydrogens (tertiary/aromatic N) is 1. The maximum Gasteiger partial charge on any atom is 0.229 e. The van der Waals surface area contributed by atoms with Gasteiger partial charge in [-0.2, -0.15) is 0 Å². The molecule has 0 fully saturated rings. The van der Waals surface area contributed by atoms with Crippen LogP contribution in [0, 0.1) is 0 Å². The van der Waals surface area contributed by atoms with E-state index in [1.54, 1.807) is 26.3 Å². The molecule has 1 rings (SSSR count). The zero-order valence-corrected chi connectivity index (χ0v) is 10.8. The van der Waals surface area contributed by atoms with Crippen molar-refractivity contribution in [2.45, 2.75) is 6.42 Å². The highest BCUT2D eigenvalue weighted by atomic mass is 79.9. The number of aliphatic hydroxyl groups is 1. The van der Waals surface area contributed by atoms with E-state index in [4.69, 9.17) is 9.84 Å². The molecule has 16 heavy (non-hydrogen) atoms. The molecule has 88 valence electrons. The molecule has 0 spiro atoms. The van der Waals surface area contributed by atoms with E-state index in [2.05, 4.69) is 15.9 Å². The Labute approximate surface area is 103 Å². The second kappa shape index (κ2) is 5.86. The summed E-state index contributed by atoms with van der Waals surface area (Å²) in [6.45, 7) is -0.153. The Morgan fingerprint density at radius 1 is 1.56 bits per heavy atom. The molecular weight excluding hydrogens is 274 g/mol. The minimum Gasteiger partial charge on any atom is -0.495 e. The Balaban J connectivity index is 3.01. The summed E-state index contributed by atoms with van der Waals surface area (Å²) in [5.74, 6) is 0.468. The highest BCUT2D eigenvalue weighted by molar-refractivity contribution is 9.10. The third-order valence-electron chi connectivity index (χ3n) is 2.20. The lowest BCUT2D eigenvalue weighted by Crippen LogP contribution is -2.27. The fourth-order valence-electron chi connectivity index (χ4n) is 1.32. The molecule has 0 saturated carbocycles. The van der Waals surface area contributed by atoms with E-state index in [-0.39, 0.29) is 18.9 Å². The highest BCUT2D eigenvalue weighted by Crippen LogP contribution is 2.30. The number of aliphatic hydroxyl groups excluding tert-OH is 1. The van der Waals surface area contributed by atoms with Gasteiger partial charge in [0.15, 0.2) is 0 Å². The van der Waals surface area contributed by atoms with Gasteiger partial charge in [-0.15, -0.1) is 0 Å². The van der Waals surface area contributed by atoms with Crippen molar-refractivity contribution in [3.8, 4) is 5.75 Å². The van der Waals surface area contributed by atoms with Crippen molar-refractivity contribution in [2.24, 2.45) is 0 Å². The SMILES string of the molecule is COc1ccc(Br)cc1N(C)C(=O)CCO. The van der Waals surface area contributed by atoms with Crippen LogP contribution in [0.4, 0.5) is 5.69 Å². The summed E-state index contributed by atoms with van der Waals surface area (Å²) in [4.78, 5) is 13.1. The summed E-state index contributed by atoms with van der Waals surface area (Å²) in [5, 5.41) is 8.73. The van der Waals surface area contributed by atoms with E-state index in [1.165, 1.54) is 4.90 Å². The van der Waals surface area contributed by atoms with E-state index in [0.717, 1.165) is 4.47 Å². The second-order valence-electron chi connectivity index (χ2n) is 3.24. The number of halogens is 1. The van der Waals surface area contributed by atoms with Gasteiger partial charge in [0.1, 0.15) is 5.75 Å². The van der Waals surface area contributed by atoms with E-state index in [9.17, 15) is 4.79 Å². The third-order valence-corrected chi connectivity index (χ3v) is 2.70. The molecule has 0 saturated heterocycles. The van der Waals surface area contributed by atoms with Crippen molar-refractivity contribution in [1.82, 2.24) is 0 Å². The predicted molar refractivity (Wildman–Crippen MR) is 65.8 cm³/mol. The van der Waals surface area contributed by atoms with Crippen LogP contribution in [-0.4, -0.2) is 31.8 Å². The molecule has 0 aromatic heterocycles. The van der Waals surface area contributed by atoms with Gasteiger partial charge in [-0.25, -0.2) is 0 Å². The minimum atomic E-state index is -0.154. The first-order chi connectivity index (χ1) is 7.60. The molecule has 1 aromatic carbocycles. The molecule has 0 aliphatic rings. The zero-order chi connectivity index (χ0) is 12.1. The first-order valence-corrected chi connectivity index (χ1v) is 5.60. The third kappa shape index (κ3) is 2.96. The van der Waals surface area contributed by atoms with Crippen molar-refractivity contribution >= 4 is 27.5 Å². The molecule has 0 radical (unpaired) electrons. The molecule has 1 N–H and O–H groups in total. The lowest BCUT2D eigenvalue weighted by molar-refractivity contribution is -0.118. The average molecular weight is 288 g/mol. The smallest absolute Gasteiger partial charge is 0.229 e. The van der Waals surface area contributed by atoms with Crippen LogP contribution < -0.4 is 9.64 Å². The Kier molecular flexibility index (Phi) is 4.76. The van der Waals surface area contributed by atoms with Gasteiger partial charge in [0.05, 0.1) is 25.8 Å². The number of rotatable bonds is 4.